The number of para-hydroxylation sites is 1. The molecule has 4 aromatic rings. The van der Waals surface area contributed by atoms with Crippen molar-refractivity contribution in [2.24, 2.45) is 0 Å². The molecule has 6 heteroatoms. The maximum Gasteiger partial charge on any atom is 0.262 e. The minimum Gasteiger partial charge on any atom is -0.491 e. The highest BCUT2D eigenvalue weighted by Gasteiger charge is 2.13. The maximum absolute atomic E-state index is 12.6. The molecular weight excluding hydrogens is 430 g/mol. The Morgan fingerprint density at radius 3 is 2.82 bits per heavy atom. The molecule has 0 radical (unpaired) electrons. The zero-order chi connectivity index (χ0) is 23.2. The second kappa shape index (κ2) is 10.2. The smallest absolute Gasteiger partial charge is 0.262 e. The molecule has 0 aliphatic carbocycles. The molecule has 0 saturated heterocycles. The Morgan fingerprint density at radius 2 is 2.03 bits per heavy atom. The minimum absolute atomic E-state index is 0.0843. The quantitative estimate of drug-likeness (QED) is 0.277. The largest absolute Gasteiger partial charge is 0.491 e. The second-order valence-corrected chi connectivity index (χ2v) is 8.88. The van der Waals surface area contributed by atoms with Gasteiger partial charge in [0, 0.05) is 27.5 Å². The van der Waals surface area contributed by atoms with Gasteiger partial charge in [-0.25, -0.2) is 0 Å². The number of nitriles is 1. The molecule has 2 aromatic carbocycles. The lowest BCUT2D eigenvalue weighted by atomic mass is 10.1. The van der Waals surface area contributed by atoms with Gasteiger partial charge in [0.05, 0.1) is 13.1 Å². The van der Waals surface area contributed by atoms with Crippen molar-refractivity contribution in [2.45, 2.75) is 26.9 Å². The number of aromatic nitrogens is 1. The van der Waals surface area contributed by atoms with E-state index in [1.54, 1.807) is 17.4 Å². The Labute approximate surface area is 197 Å². The SMILES string of the molecule is Cc1ccc(C)c(OCCn2cc(/C=C(\C#N)C(=O)NCc3cccs3)c3ccccc32)c1. The van der Waals surface area contributed by atoms with Crippen molar-refractivity contribution >= 4 is 34.2 Å². The summed E-state index contributed by atoms with van der Waals surface area (Å²) in [5.41, 5.74) is 4.22. The average Bonchev–Trinajstić information content (AvgIpc) is 3.46. The maximum atomic E-state index is 12.6. The summed E-state index contributed by atoms with van der Waals surface area (Å²) in [5.74, 6) is 0.516. The molecule has 0 atom stereocenters. The minimum atomic E-state index is -0.374. The number of fused-ring (bicyclic) bond motifs is 1. The molecular formula is C27H25N3O2S. The summed E-state index contributed by atoms with van der Waals surface area (Å²) in [7, 11) is 0. The van der Waals surface area contributed by atoms with Crippen molar-refractivity contribution in [3.8, 4) is 11.8 Å². The molecule has 0 unspecified atom stereocenters. The van der Waals surface area contributed by atoms with E-state index in [0.717, 1.165) is 38.2 Å². The molecule has 0 fully saturated rings. The lowest BCUT2D eigenvalue weighted by Crippen LogP contribution is -2.23. The van der Waals surface area contributed by atoms with E-state index in [4.69, 9.17) is 4.74 Å². The van der Waals surface area contributed by atoms with E-state index in [1.165, 1.54) is 0 Å². The molecule has 1 amide bonds. The first-order valence-corrected chi connectivity index (χ1v) is 11.6. The van der Waals surface area contributed by atoms with E-state index in [1.807, 2.05) is 74.0 Å². The summed E-state index contributed by atoms with van der Waals surface area (Å²) in [6.07, 6.45) is 3.63. The summed E-state index contributed by atoms with van der Waals surface area (Å²) < 4.78 is 8.14. The Morgan fingerprint density at radius 1 is 1.18 bits per heavy atom. The first-order chi connectivity index (χ1) is 16.0. The van der Waals surface area contributed by atoms with Gasteiger partial charge in [-0.1, -0.05) is 36.4 Å². The van der Waals surface area contributed by atoms with Crippen molar-refractivity contribution < 1.29 is 9.53 Å². The predicted molar refractivity (Wildman–Crippen MR) is 133 cm³/mol. The number of amides is 1. The highest BCUT2D eigenvalue weighted by atomic mass is 32.1. The molecule has 33 heavy (non-hydrogen) atoms. The molecule has 0 aliphatic rings. The van der Waals surface area contributed by atoms with Gasteiger partial charge in [0.2, 0.25) is 0 Å². The van der Waals surface area contributed by atoms with Crippen LogP contribution in [0.1, 0.15) is 21.6 Å². The summed E-state index contributed by atoms with van der Waals surface area (Å²) in [6.45, 7) is 5.66. The van der Waals surface area contributed by atoms with Crippen molar-refractivity contribution in [1.29, 1.82) is 5.26 Å². The lowest BCUT2D eigenvalue weighted by Gasteiger charge is -2.11. The fraction of sp³-hybridized carbons (Fsp3) is 0.185. The number of rotatable bonds is 8. The van der Waals surface area contributed by atoms with Crippen LogP contribution in [0.4, 0.5) is 0 Å². The number of aryl methyl sites for hydroxylation is 2. The van der Waals surface area contributed by atoms with Crippen molar-refractivity contribution in [3.63, 3.8) is 0 Å². The molecule has 0 saturated carbocycles. The summed E-state index contributed by atoms with van der Waals surface area (Å²) in [6, 6.07) is 20.1. The second-order valence-electron chi connectivity index (χ2n) is 7.84. The molecule has 1 N–H and O–H groups in total. The van der Waals surface area contributed by atoms with Gasteiger partial charge in [-0.05, 0) is 54.6 Å². The van der Waals surface area contributed by atoms with Gasteiger partial charge in [-0.2, -0.15) is 5.26 Å². The van der Waals surface area contributed by atoms with Crippen LogP contribution in [0.2, 0.25) is 0 Å². The van der Waals surface area contributed by atoms with Crippen molar-refractivity contribution in [3.05, 3.63) is 93.3 Å². The third-order valence-electron chi connectivity index (χ3n) is 5.42. The van der Waals surface area contributed by atoms with Crippen LogP contribution in [0.15, 0.2) is 71.7 Å². The fourth-order valence-corrected chi connectivity index (χ4v) is 4.32. The van der Waals surface area contributed by atoms with Crippen LogP contribution in [-0.4, -0.2) is 17.1 Å². The molecule has 0 aliphatic heterocycles. The van der Waals surface area contributed by atoms with Gasteiger partial charge < -0.3 is 14.6 Å². The summed E-state index contributed by atoms with van der Waals surface area (Å²) >= 11 is 1.57. The van der Waals surface area contributed by atoms with Gasteiger partial charge in [0.1, 0.15) is 24.0 Å². The van der Waals surface area contributed by atoms with E-state index >= 15 is 0 Å². The number of nitrogens with zero attached hydrogens (tertiary/aromatic N) is 2. The Hall–Kier alpha value is -3.82. The zero-order valence-corrected chi connectivity index (χ0v) is 19.5. The number of benzene rings is 2. The van der Waals surface area contributed by atoms with Crippen LogP contribution < -0.4 is 10.1 Å². The van der Waals surface area contributed by atoms with Crippen LogP contribution in [0, 0.1) is 25.2 Å². The zero-order valence-electron chi connectivity index (χ0n) is 18.7. The van der Waals surface area contributed by atoms with Gasteiger partial charge >= 0.3 is 0 Å². The van der Waals surface area contributed by atoms with Crippen LogP contribution in [0.5, 0.6) is 5.75 Å². The van der Waals surface area contributed by atoms with Crippen LogP contribution in [0.3, 0.4) is 0 Å². The first kappa shape index (κ1) is 22.4. The normalized spacial score (nSPS) is 11.4. The number of thiophene rings is 1. The van der Waals surface area contributed by atoms with E-state index in [0.29, 0.717) is 19.7 Å². The number of nitrogens with one attached hydrogen (secondary N) is 1. The molecule has 5 nitrogen and oxygen atoms in total. The third kappa shape index (κ3) is 5.33. The highest BCUT2D eigenvalue weighted by Crippen LogP contribution is 2.24. The van der Waals surface area contributed by atoms with Gasteiger partial charge in [-0.3, -0.25) is 4.79 Å². The van der Waals surface area contributed by atoms with Crippen LogP contribution in [0.25, 0.3) is 17.0 Å². The van der Waals surface area contributed by atoms with Crippen LogP contribution in [-0.2, 0) is 17.9 Å². The molecule has 4 rings (SSSR count). The number of hydrogen-bond acceptors (Lipinski definition) is 4. The Kier molecular flexibility index (Phi) is 6.92. The lowest BCUT2D eigenvalue weighted by molar-refractivity contribution is -0.117. The van der Waals surface area contributed by atoms with Crippen LogP contribution >= 0.6 is 11.3 Å². The first-order valence-electron chi connectivity index (χ1n) is 10.8. The van der Waals surface area contributed by atoms with Gasteiger partial charge in [-0.15, -0.1) is 11.3 Å². The van der Waals surface area contributed by atoms with E-state index in [9.17, 15) is 10.1 Å². The highest BCUT2D eigenvalue weighted by molar-refractivity contribution is 7.09. The topological polar surface area (TPSA) is 67.0 Å². The Bertz CT molecular complexity index is 1340. The number of carbonyl (C=O) groups is 1. The number of ether oxygens (including phenoxy) is 1. The Balaban J connectivity index is 1.52. The van der Waals surface area contributed by atoms with Crippen molar-refractivity contribution in [1.82, 2.24) is 9.88 Å². The summed E-state index contributed by atoms with van der Waals surface area (Å²) in [5, 5.41) is 15.4. The molecule has 166 valence electrons. The number of carbonyl (C=O) groups excluding carboxylic acids is 1. The van der Waals surface area contributed by atoms with E-state index in [2.05, 4.69) is 22.0 Å². The monoisotopic (exact) mass is 455 g/mol. The van der Waals surface area contributed by atoms with E-state index in [-0.39, 0.29) is 11.5 Å². The van der Waals surface area contributed by atoms with Crippen molar-refractivity contribution in [2.75, 3.05) is 6.61 Å². The van der Waals surface area contributed by atoms with E-state index < -0.39 is 0 Å². The predicted octanol–water partition coefficient (Wildman–Crippen LogP) is 5.62. The standard InChI is InChI=1S/C27H25N3O2S/c1-19-9-10-20(2)26(14-19)32-12-11-30-18-22(24-7-3-4-8-25(24)30)15-21(16-28)27(31)29-17-23-6-5-13-33-23/h3-10,13-15,18H,11-12,17H2,1-2H3,(H,29,31)/b21-15+. The molecule has 2 aromatic heterocycles. The molecule has 2 heterocycles. The van der Waals surface area contributed by atoms with Gasteiger partial charge in [0.15, 0.2) is 0 Å². The molecule has 0 spiro atoms. The number of hydrogen-bond donors (Lipinski definition) is 1. The summed E-state index contributed by atoms with van der Waals surface area (Å²) in [4.78, 5) is 13.6. The fourth-order valence-electron chi connectivity index (χ4n) is 3.67. The van der Waals surface area contributed by atoms with Gasteiger partial charge in [0.25, 0.3) is 5.91 Å². The molecule has 0 bridgehead atoms. The third-order valence-corrected chi connectivity index (χ3v) is 6.30. The average molecular weight is 456 g/mol.